The normalized spacial score (nSPS) is 10.9. The van der Waals surface area contributed by atoms with E-state index in [9.17, 15) is 8.78 Å². The van der Waals surface area contributed by atoms with Gasteiger partial charge >= 0.3 is 0 Å². The minimum atomic E-state index is -0.690. The highest BCUT2D eigenvalue weighted by atomic mass is 19.1. The molecule has 0 atom stereocenters. The molecule has 2 heterocycles. The predicted molar refractivity (Wildman–Crippen MR) is 101 cm³/mol. The number of nitrogens with zero attached hydrogens (tertiary/aromatic N) is 4. The topological polar surface area (TPSA) is 75.6 Å². The number of rotatable bonds is 6. The van der Waals surface area contributed by atoms with Crippen molar-refractivity contribution in [1.82, 2.24) is 19.9 Å². The van der Waals surface area contributed by atoms with Crippen LogP contribution in [0.2, 0.25) is 0 Å². The van der Waals surface area contributed by atoms with E-state index in [0.29, 0.717) is 17.5 Å². The molecule has 0 aliphatic carbocycles. The van der Waals surface area contributed by atoms with Gasteiger partial charge in [0.1, 0.15) is 17.3 Å². The molecule has 8 heteroatoms. The molecule has 0 spiro atoms. The van der Waals surface area contributed by atoms with Crippen molar-refractivity contribution in [2.24, 2.45) is 0 Å². The first-order valence-corrected chi connectivity index (χ1v) is 8.65. The van der Waals surface area contributed by atoms with E-state index in [1.807, 2.05) is 32.9 Å². The molecular weight excluding hydrogens is 350 g/mol. The maximum Gasteiger partial charge on any atom is 0.232 e. The molecule has 0 aliphatic heterocycles. The summed E-state index contributed by atoms with van der Waals surface area (Å²) in [6.45, 7) is 5.92. The van der Waals surface area contributed by atoms with Gasteiger partial charge in [0.05, 0.1) is 0 Å². The van der Waals surface area contributed by atoms with Crippen molar-refractivity contribution in [3.63, 3.8) is 0 Å². The van der Waals surface area contributed by atoms with E-state index in [0.717, 1.165) is 30.3 Å². The average Bonchev–Trinajstić information content (AvgIpc) is 2.60. The van der Waals surface area contributed by atoms with Crippen LogP contribution in [0.4, 0.5) is 26.4 Å². The standard InChI is InChI=1S/C19H20F2N6/c1-4-14-6-5-7-16(23-14)17-25-18(22-11(2)3)27-19(26-17)24-15-9-12(20)8-13(21)10-15/h5-11H,4H2,1-3H3,(H2,22,24,25,26,27). The fourth-order valence-electron chi connectivity index (χ4n) is 2.43. The summed E-state index contributed by atoms with van der Waals surface area (Å²) >= 11 is 0. The Balaban J connectivity index is 2.01. The van der Waals surface area contributed by atoms with Crippen molar-refractivity contribution < 1.29 is 8.78 Å². The zero-order valence-corrected chi connectivity index (χ0v) is 15.3. The number of pyridine rings is 1. The van der Waals surface area contributed by atoms with Crippen LogP contribution in [-0.4, -0.2) is 26.0 Å². The number of nitrogens with one attached hydrogen (secondary N) is 2. The van der Waals surface area contributed by atoms with Gasteiger partial charge in [-0.1, -0.05) is 13.0 Å². The number of aryl methyl sites for hydroxylation is 1. The third-order valence-corrected chi connectivity index (χ3v) is 3.57. The monoisotopic (exact) mass is 370 g/mol. The lowest BCUT2D eigenvalue weighted by Crippen LogP contribution is -2.14. The Morgan fingerprint density at radius 1 is 0.926 bits per heavy atom. The van der Waals surface area contributed by atoms with Crippen LogP contribution in [0.5, 0.6) is 0 Å². The Morgan fingerprint density at radius 3 is 2.30 bits per heavy atom. The molecule has 2 aromatic heterocycles. The Bertz CT molecular complexity index is 925. The van der Waals surface area contributed by atoms with Crippen LogP contribution in [0.1, 0.15) is 26.5 Å². The van der Waals surface area contributed by atoms with Gasteiger partial charge in [-0.15, -0.1) is 0 Å². The molecule has 3 rings (SSSR count). The Labute approximate surface area is 156 Å². The van der Waals surface area contributed by atoms with Crippen LogP contribution < -0.4 is 10.6 Å². The number of hydrogen-bond donors (Lipinski definition) is 2. The minimum absolute atomic E-state index is 0.0923. The molecule has 0 saturated carbocycles. The van der Waals surface area contributed by atoms with Crippen molar-refractivity contribution >= 4 is 17.6 Å². The molecule has 0 bridgehead atoms. The minimum Gasteiger partial charge on any atom is -0.352 e. The van der Waals surface area contributed by atoms with Crippen LogP contribution in [0.15, 0.2) is 36.4 Å². The van der Waals surface area contributed by atoms with Gasteiger partial charge in [-0.05, 0) is 44.5 Å². The Hall–Kier alpha value is -3.16. The van der Waals surface area contributed by atoms with Crippen molar-refractivity contribution in [1.29, 1.82) is 0 Å². The van der Waals surface area contributed by atoms with E-state index in [2.05, 4.69) is 30.6 Å². The first-order chi connectivity index (χ1) is 12.9. The highest BCUT2D eigenvalue weighted by Crippen LogP contribution is 2.21. The van der Waals surface area contributed by atoms with Crippen molar-refractivity contribution in [3.8, 4) is 11.5 Å². The number of aromatic nitrogens is 4. The van der Waals surface area contributed by atoms with E-state index in [1.165, 1.54) is 0 Å². The van der Waals surface area contributed by atoms with Crippen molar-refractivity contribution in [2.75, 3.05) is 10.6 Å². The lowest BCUT2D eigenvalue weighted by atomic mass is 10.2. The Kier molecular flexibility index (Phi) is 5.54. The predicted octanol–water partition coefficient (Wildman–Crippen LogP) is 4.34. The molecule has 2 N–H and O–H groups in total. The molecule has 0 radical (unpaired) electrons. The lowest BCUT2D eigenvalue weighted by molar-refractivity contribution is 0.584. The second-order valence-electron chi connectivity index (χ2n) is 6.26. The molecule has 140 valence electrons. The van der Waals surface area contributed by atoms with Gasteiger partial charge in [-0.2, -0.15) is 15.0 Å². The summed E-state index contributed by atoms with van der Waals surface area (Å²) < 4.78 is 26.9. The first kappa shape index (κ1) is 18.6. The summed E-state index contributed by atoms with van der Waals surface area (Å²) in [5, 5.41) is 5.94. The van der Waals surface area contributed by atoms with Crippen molar-refractivity contribution in [2.45, 2.75) is 33.2 Å². The molecule has 27 heavy (non-hydrogen) atoms. The van der Waals surface area contributed by atoms with Gasteiger partial charge in [0.25, 0.3) is 0 Å². The third-order valence-electron chi connectivity index (χ3n) is 3.57. The smallest absolute Gasteiger partial charge is 0.232 e. The molecule has 0 saturated heterocycles. The van der Waals surface area contributed by atoms with Gasteiger partial charge in [0.2, 0.25) is 11.9 Å². The van der Waals surface area contributed by atoms with Gasteiger partial charge in [-0.25, -0.2) is 13.8 Å². The van der Waals surface area contributed by atoms with E-state index >= 15 is 0 Å². The van der Waals surface area contributed by atoms with Crippen LogP contribution >= 0.6 is 0 Å². The van der Waals surface area contributed by atoms with Crippen LogP contribution in [0.25, 0.3) is 11.5 Å². The van der Waals surface area contributed by atoms with E-state index in [1.54, 1.807) is 6.07 Å². The SMILES string of the molecule is CCc1cccc(-c2nc(Nc3cc(F)cc(F)c3)nc(NC(C)C)n2)n1. The molecule has 0 unspecified atom stereocenters. The zero-order chi connectivity index (χ0) is 19.4. The molecule has 0 amide bonds. The lowest BCUT2D eigenvalue weighted by Gasteiger charge is -2.12. The number of hydrogen-bond acceptors (Lipinski definition) is 6. The second kappa shape index (κ2) is 8.03. The van der Waals surface area contributed by atoms with Crippen LogP contribution in [0.3, 0.4) is 0 Å². The highest BCUT2D eigenvalue weighted by Gasteiger charge is 2.12. The zero-order valence-electron chi connectivity index (χ0n) is 15.3. The van der Waals surface area contributed by atoms with Gasteiger partial charge < -0.3 is 10.6 Å². The number of benzene rings is 1. The maximum atomic E-state index is 13.5. The molecule has 0 fully saturated rings. The van der Waals surface area contributed by atoms with Gasteiger partial charge in [0, 0.05) is 23.5 Å². The van der Waals surface area contributed by atoms with Crippen LogP contribution in [-0.2, 0) is 6.42 Å². The molecule has 6 nitrogen and oxygen atoms in total. The van der Waals surface area contributed by atoms with E-state index in [-0.39, 0.29) is 17.7 Å². The Morgan fingerprint density at radius 2 is 1.63 bits per heavy atom. The van der Waals surface area contributed by atoms with Gasteiger partial charge in [-0.3, -0.25) is 0 Å². The van der Waals surface area contributed by atoms with E-state index in [4.69, 9.17) is 0 Å². The summed E-state index contributed by atoms with van der Waals surface area (Å²) in [4.78, 5) is 17.6. The third kappa shape index (κ3) is 4.93. The summed E-state index contributed by atoms with van der Waals surface area (Å²) in [5.41, 5.74) is 1.71. The average molecular weight is 370 g/mol. The fourth-order valence-corrected chi connectivity index (χ4v) is 2.43. The highest BCUT2D eigenvalue weighted by molar-refractivity contribution is 5.59. The second-order valence-corrected chi connectivity index (χ2v) is 6.26. The number of halogens is 2. The summed E-state index contributed by atoms with van der Waals surface area (Å²) in [6.07, 6.45) is 0.781. The van der Waals surface area contributed by atoms with Gasteiger partial charge in [0.15, 0.2) is 5.82 Å². The largest absolute Gasteiger partial charge is 0.352 e. The van der Waals surface area contributed by atoms with E-state index < -0.39 is 11.6 Å². The summed E-state index contributed by atoms with van der Waals surface area (Å²) in [6, 6.07) is 8.84. The summed E-state index contributed by atoms with van der Waals surface area (Å²) in [5.74, 6) is -0.507. The first-order valence-electron chi connectivity index (χ1n) is 8.65. The molecule has 0 aliphatic rings. The molecule has 1 aromatic carbocycles. The molecular formula is C19H20F2N6. The van der Waals surface area contributed by atoms with Crippen LogP contribution in [0, 0.1) is 11.6 Å². The maximum absolute atomic E-state index is 13.5. The fraction of sp³-hybridized carbons (Fsp3) is 0.263. The summed E-state index contributed by atoms with van der Waals surface area (Å²) in [7, 11) is 0. The molecule has 3 aromatic rings. The number of anilines is 3. The van der Waals surface area contributed by atoms with Crippen molar-refractivity contribution in [3.05, 3.63) is 53.7 Å². The quantitative estimate of drug-likeness (QED) is 0.672.